The van der Waals surface area contributed by atoms with E-state index in [1.54, 1.807) is 4.90 Å². The fourth-order valence-corrected chi connectivity index (χ4v) is 7.43. The summed E-state index contributed by atoms with van der Waals surface area (Å²) in [6, 6.07) is 3.06. The molecule has 12 heteroatoms. The summed E-state index contributed by atoms with van der Waals surface area (Å²) in [4.78, 5) is 28.1. The topological polar surface area (TPSA) is 99.3 Å². The van der Waals surface area contributed by atoms with Crippen LogP contribution in [0.15, 0.2) is 23.1 Å². The number of hydrogen-bond donors (Lipinski definition) is 1. The lowest BCUT2D eigenvalue weighted by molar-refractivity contribution is -0.139. The maximum atomic E-state index is 13.3. The Morgan fingerprint density at radius 2 is 1.91 bits per heavy atom. The number of carbonyl (C=O) groups excluding carboxylic acids is 2. The van der Waals surface area contributed by atoms with Crippen molar-refractivity contribution in [2.45, 2.75) is 36.3 Å². The van der Waals surface area contributed by atoms with E-state index in [1.165, 1.54) is 10.4 Å². The molecule has 4 aliphatic heterocycles. The van der Waals surface area contributed by atoms with Gasteiger partial charge in [-0.05, 0) is 37.5 Å². The van der Waals surface area contributed by atoms with E-state index < -0.39 is 15.8 Å². The first kappa shape index (κ1) is 22.8. The summed E-state index contributed by atoms with van der Waals surface area (Å²) < 4.78 is 46.0. The van der Waals surface area contributed by atoms with Gasteiger partial charge in [0.1, 0.15) is 17.3 Å². The summed E-state index contributed by atoms with van der Waals surface area (Å²) in [7, 11) is -3.79. The van der Waals surface area contributed by atoms with Gasteiger partial charge in [-0.3, -0.25) is 4.79 Å². The number of carbonyl (C=O) groups is 2. The molecule has 180 valence electrons. The second kappa shape index (κ2) is 8.37. The smallest absolute Gasteiger partial charge is 0.320 e. The Morgan fingerprint density at radius 1 is 1.18 bits per heavy atom. The molecule has 0 aliphatic carbocycles. The van der Waals surface area contributed by atoms with Crippen LogP contribution in [-0.2, 0) is 19.6 Å². The molecule has 1 spiro atoms. The maximum absolute atomic E-state index is 13.3. The number of nitrogens with zero attached hydrogens (tertiary/aromatic N) is 3. The molecule has 0 radical (unpaired) electrons. The van der Waals surface area contributed by atoms with Gasteiger partial charge in [0.2, 0.25) is 15.9 Å². The molecule has 2 atom stereocenters. The maximum Gasteiger partial charge on any atom is 0.320 e. The highest BCUT2D eigenvalue weighted by atomic mass is 35.5. The van der Waals surface area contributed by atoms with Crippen LogP contribution in [0.4, 0.5) is 9.18 Å². The van der Waals surface area contributed by atoms with Crippen LogP contribution in [0.5, 0.6) is 0 Å². The van der Waals surface area contributed by atoms with E-state index in [1.807, 2.05) is 4.90 Å². The number of morpholine rings is 1. The number of rotatable bonds is 2. The fraction of sp³-hybridized carbons (Fsp3) is 0.619. The number of hydrogen-bond acceptors (Lipinski definition) is 5. The molecule has 0 bridgehead atoms. The lowest BCUT2D eigenvalue weighted by Gasteiger charge is -2.53. The molecular weight excluding hydrogens is 475 g/mol. The minimum atomic E-state index is -3.79. The number of ether oxygens (including phenoxy) is 1. The SMILES string of the molecule is O=C1COC2CCN(C(=O)N3CCC4(CC3)CN(S(=O)(=O)c3ccc(F)cc3Cl)C4)C[C@H]2N1. The highest BCUT2D eigenvalue weighted by Gasteiger charge is 2.50. The van der Waals surface area contributed by atoms with Crippen molar-refractivity contribution in [3.63, 3.8) is 0 Å². The van der Waals surface area contributed by atoms with Gasteiger partial charge >= 0.3 is 6.03 Å². The molecule has 5 rings (SSSR count). The monoisotopic (exact) mass is 500 g/mol. The van der Waals surface area contributed by atoms with Gasteiger partial charge in [0, 0.05) is 44.7 Å². The largest absolute Gasteiger partial charge is 0.366 e. The van der Waals surface area contributed by atoms with Gasteiger partial charge in [0.05, 0.1) is 17.2 Å². The van der Waals surface area contributed by atoms with E-state index in [9.17, 15) is 22.4 Å². The van der Waals surface area contributed by atoms with Gasteiger partial charge in [-0.15, -0.1) is 0 Å². The summed E-state index contributed by atoms with van der Waals surface area (Å²) in [5.74, 6) is -0.740. The molecule has 4 aliphatic rings. The molecule has 0 aromatic heterocycles. The molecule has 1 aromatic carbocycles. The number of fused-ring (bicyclic) bond motifs is 1. The number of benzene rings is 1. The van der Waals surface area contributed by atoms with Crippen LogP contribution in [0.1, 0.15) is 19.3 Å². The number of likely N-dealkylation sites (tertiary alicyclic amines) is 2. The molecule has 3 amide bonds. The number of halogens is 2. The summed E-state index contributed by atoms with van der Waals surface area (Å²) in [5, 5.41) is 2.78. The zero-order chi connectivity index (χ0) is 23.4. The Bertz CT molecular complexity index is 1070. The summed E-state index contributed by atoms with van der Waals surface area (Å²) in [6.45, 7) is 2.92. The van der Waals surface area contributed by atoms with Crippen LogP contribution in [0.3, 0.4) is 0 Å². The van der Waals surface area contributed by atoms with Crippen LogP contribution >= 0.6 is 11.6 Å². The second-order valence-corrected chi connectivity index (χ2v) is 11.7. The van der Waals surface area contributed by atoms with Crippen molar-refractivity contribution in [2.75, 3.05) is 45.9 Å². The Morgan fingerprint density at radius 3 is 2.61 bits per heavy atom. The van der Waals surface area contributed by atoms with Crippen molar-refractivity contribution >= 4 is 33.6 Å². The highest BCUT2D eigenvalue weighted by molar-refractivity contribution is 7.89. The lowest BCUT2D eigenvalue weighted by atomic mass is 9.73. The fourth-order valence-electron chi connectivity index (χ4n) is 5.26. The predicted octanol–water partition coefficient (Wildman–Crippen LogP) is 1.27. The van der Waals surface area contributed by atoms with Crippen LogP contribution in [0.2, 0.25) is 5.02 Å². The van der Waals surface area contributed by atoms with Crippen molar-refractivity contribution < 1.29 is 27.1 Å². The summed E-state index contributed by atoms with van der Waals surface area (Å²) in [5.41, 5.74) is -0.158. The number of urea groups is 1. The molecule has 9 nitrogen and oxygen atoms in total. The third-order valence-electron chi connectivity index (χ3n) is 7.22. The van der Waals surface area contributed by atoms with E-state index in [4.69, 9.17) is 16.3 Å². The van der Waals surface area contributed by atoms with Crippen molar-refractivity contribution in [2.24, 2.45) is 5.41 Å². The van der Waals surface area contributed by atoms with Crippen LogP contribution in [-0.4, -0.2) is 92.5 Å². The summed E-state index contributed by atoms with van der Waals surface area (Å²) >= 11 is 5.97. The van der Waals surface area contributed by atoms with Crippen molar-refractivity contribution in [1.29, 1.82) is 0 Å². The minimum absolute atomic E-state index is 0.0473. The average molecular weight is 501 g/mol. The van der Waals surface area contributed by atoms with Crippen molar-refractivity contribution in [3.8, 4) is 0 Å². The number of sulfonamides is 1. The molecule has 4 saturated heterocycles. The molecular formula is C21H26ClFN4O5S. The summed E-state index contributed by atoms with van der Waals surface area (Å²) in [6.07, 6.45) is 2.06. The molecule has 1 unspecified atom stereocenters. The standard InChI is InChI=1S/C21H26ClFN4O5S/c22-15-9-14(23)1-2-18(15)33(30,31)27-12-21(13-27)4-7-25(8-5-21)20(29)26-6-3-17-16(10-26)24-19(28)11-32-17/h1-2,9,16-17H,3-8,10-13H2,(H,24,28)/t16-,17?/m1/s1. The number of nitrogens with one attached hydrogen (secondary N) is 1. The van der Waals surface area contributed by atoms with Gasteiger partial charge in [0.25, 0.3) is 0 Å². The zero-order valence-electron chi connectivity index (χ0n) is 18.0. The second-order valence-electron chi connectivity index (χ2n) is 9.38. The molecule has 1 aromatic rings. The van der Waals surface area contributed by atoms with Crippen LogP contribution < -0.4 is 5.32 Å². The van der Waals surface area contributed by atoms with E-state index >= 15 is 0 Å². The Balaban J connectivity index is 1.16. The highest BCUT2D eigenvalue weighted by Crippen LogP contribution is 2.44. The Labute approximate surface area is 196 Å². The quantitative estimate of drug-likeness (QED) is 0.659. The third kappa shape index (κ3) is 4.20. The molecule has 4 heterocycles. The van der Waals surface area contributed by atoms with E-state index in [0.717, 1.165) is 12.1 Å². The zero-order valence-corrected chi connectivity index (χ0v) is 19.6. The first-order chi connectivity index (χ1) is 15.7. The van der Waals surface area contributed by atoms with Crippen molar-refractivity contribution in [1.82, 2.24) is 19.4 Å². The van der Waals surface area contributed by atoms with E-state index in [2.05, 4.69) is 5.32 Å². The lowest BCUT2D eigenvalue weighted by Crippen LogP contribution is -2.64. The molecule has 0 saturated carbocycles. The molecule has 1 N–H and O–H groups in total. The normalized spacial score (nSPS) is 27.6. The van der Waals surface area contributed by atoms with E-state index in [0.29, 0.717) is 58.5 Å². The van der Waals surface area contributed by atoms with Gasteiger partial charge in [-0.2, -0.15) is 4.31 Å². The van der Waals surface area contributed by atoms with Gasteiger partial charge in [-0.1, -0.05) is 11.6 Å². The molecule has 33 heavy (non-hydrogen) atoms. The van der Waals surface area contributed by atoms with E-state index in [-0.39, 0.29) is 46.0 Å². The minimum Gasteiger partial charge on any atom is -0.366 e. The van der Waals surface area contributed by atoms with Crippen LogP contribution in [0, 0.1) is 11.2 Å². The Kier molecular flexibility index (Phi) is 5.79. The average Bonchev–Trinajstić information content (AvgIpc) is 2.76. The molecule has 4 fully saturated rings. The first-order valence-electron chi connectivity index (χ1n) is 11.1. The Hall–Kier alpha value is -1.95. The van der Waals surface area contributed by atoms with Gasteiger partial charge < -0.3 is 19.9 Å². The first-order valence-corrected chi connectivity index (χ1v) is 12.9. The van der Waals surface area contributed by atoms with Gasteiger partial charge in [0.15, 0.2) is 0 Å². The number of piperidine rings is 2. The third-order valence-corrected chi connectivity index (χ3v) is 9.50. The predicted molar refractivity (Wildman–Crippen MR) is 117 cm³/mol. The van der Waals surface area contributed by atoms with Crippen LogP contribution in [0.25, 0.3) is 0 Å². The number of amides is 3. The van der Waals surface area contributed by atoms with Crippen molar-refractivity contribution in [3.05, 3.63) is 29.0 Å². The van der Waals surface area contributed by atoms with Gasteiger partial charge in [-0.25, -0.2) is 17.6 Å².